The summed E-state index contributed by atoms with van der Waals surface area (Å²) < 4.78 is 2.53. The Morgan fingerprint density at radius 3 is 2.55 bits per heavy atom. The van der Waals surface area contributed by atoms with Gasteiger partial charge in [0.05, 0.1) is 5.69 Å². The normalized spacial score (nSPS) is 17.4. The number of nitrogens with zero attached hydrogens (tertiary/aromatic N) is 2. The molecule has 0 amide bonds. The molecule has 0 saturated carbocycles. The smallest absolute Gasteiger partial charge is 0.109 e. The van der Waals surface area contributed by atoms with Crippen molar-refractivity contribution in [2.45, 2.75) is 67.5 Å². The molecular formula is C17H31N3. The Hall–Kier alpha value is -0.830. The van der Waals surface area contributed by atoms with E-state index in [0.29, 0.717) is 17.3 Å². The van der Waals surface area contributed by atoms with E-state index in [1.807, 2.05) is 0 Å². The molecule has 1 N–H and O–H groups in total. The highest BCUT2D eigenvalue weighted by atomic mass is 15.1. The van der Waals surface area contributed by atoms with E-state index in [-0.39, 0.29) is 0 Å². The number of aromatic nitrogens is 2. The molecule has 1 atom stereocenters. The highest BCUT2D eigenvalue weighted by Crippen LogP contribution is 2.29. The number of imidazole rings is 1. The van der Waals surface area contributed by atoms with Gasteiger partial charge in [-0.3, -0.25) is 0 Å². The molecule has 2 heterocycles. The van der Waals surface area contributed by atoms with Crippen molar-refractivity contribution in [1.29, 1.82) is 0 Å². The van der Waals surface area contributed by atoms with Crippen molar-refractivity contribution >= 4 is 0 Å². The summed E-state index contributed by atoms with van der Waals surface area (Å²) in [5.41, 5.74) is 3.11. The minimum Gasteiger partial charge on any atom is -0.331 e. The van der Waals surface area contributed by atoms with Gasteiger partial charge in [0, 0.05) is 38.2 Å². The molecule has 114 valence electrons. The number of hydrogen-bond acceptors (Lipinski definition) is 2. The van der Waals surface area contributed by atoms with E-state index in [4.69, 9.17) is 4.98 Å². The largest absolute Gasteiger partial charge is 0.331 e. The Bertz CT molecular complexity index is 452. The van der Waals surface area contributed by atoms with E-state index in [2.05, 4.69) is 51.4 Å². The number of fused-ring (bicyclic) bond motifs is 1. The Balaban J connectivity index is 2.30. The van der Waals surface area contributed by atoms with Crippen molar-refractivity contribution in [3.63, 3.8) is 0 Å². The molecule has 1 aliphatic heterocycles. The Kier molecular flexibility index (Phi) is 4.58. The first kappa shape index (κ1) is 15.6. The Labute approximate surface area is 124 Å². The number of nitrogens with one attached hydrogen (secondary N) is 1. The van der Waals surface area contributed by atoms with Gasteiger partial charge in [-0.15, -0.1) is 0 Å². The minimum absolute atomic E-state index is 0.346. The third kappa shape index (κ3) is 3.43. The zero-order chi connectivity index (χ0) is 14.9. The van der Waals surface area contributed by atoms with Crippen LogP contribution in [0.5, 0.6) is 0 Å². The van der Waals surface area contributed by atoms with Crippen LogP contribution in [-0.2, 0) is 25.9 Å². The van der Waals surface area contributed by atoms with Crippen LogP contribution in [0, 0.1) is 17.3 Å². The van der Waals surface area contributed by atoms with Gasteiger partial charge in [-0.2, -0.15) is 0 Å². The van der Waals surface area contributed by atoms with Gasteiger partial charge >= 0.3 is 0 Å². The van der Waals surface area contributed by atoms with Crippen LogP contribution >= 0.6 is 0 Å². The van der Waals surface area contributed by atoms with Crippen LogP contribution in [0.2, 0.25) is 0 Å². The summed E-state index contributed by atoms with van der Waals surface area (Å²) in [5.74, 6) is 2.61. The van der Waals surface area contributed by atoms with E-state index in [1.165, 1.54) is 17.2 Å². The third-order valence-electron chi connectivity index (χ3n) is 4.59. The second-order valence-corrected chi connectivity index (χ2v) is 7.82. The quantitative estimate of drug-likeness (QED) is 0.914. The van der Waals surface area contributed by atoms with Crippen LogP contribution in [0.3, 0.4) is 0 Å². The summed E-state index contributed by atoms with van der Waals surface area (Å²) >= 11 is 0. The summed E-state index contributed by atoms with van der Waals surface area (Å²) in [5, 5.41) is 3.44. The monoisotopic (exact) mass is 277 g/mol. The van der Waals surface area contributed by atoms with Crippen LogP contribution in [0.15, 0.2) is 0 Å². The highest BCUT2D eigenvalue weighted by molar-refractivity contribution is 5.20. The van der Waals surface area contributed by atoms with Crippen molar-refractivity contribution in [3.05, 3.63) is 17.2 Å². The first-order valence-electron chi connectivity index (χ1n) is 8.07. The predicted octanol–water partition coefficient (Wildman–Crippen LogP) is 3.41. The molecule has 1 aromatic rings. The fourth-order valence-electron chi connectivity index (χ4n) is 2.71. The molecule has 1 unspecified atom stereocenters. The lowest BCUT2D eigenvalue weighted by atomic mass is 9.82. The van der Waals surface area contributed by atoms with E-state index in [1.54, 1.807) is 0 Å². The molecule has 0 saturated heterocycles. The predicted molar refractivity (Wildman–Crippen MR) is 84.8 cm³/mol. The molecule has 1 aromatic heterocycles. The van der Waals surface area contributed by atoms with Crippen LogP contribution in [0.1, 0.15) is 58.8 Å². The fourth-order valence-corrected chi connectivity index (χ4v) is 2.71. The van der Waals surface area contributed by atoms with Gasteiger partial charge in [0.1, 0.15) is 5.82 Å². The minimum atomic E-state index is 0.346. The van der Waals surface area contributed by atoms with Gasteiger partial charge in [-0.25, -0.2) is 4.98 Å². The summed E-state index contributed by atoms with van der Waals surface area (Å²) in [6.45, 7) is 17.1. The summed E-state index contributed by atoms with van der Waals surface area (Å²) in [7, 11) is 0. The van der Waals surface area contributed by atoms with Crippen molar-refractivity contribution < 1.29 is 0 Å². The molecule has 0 aromatic carbocycles. The van der Waals surface area contributed by atoms with Crippen LogP contribution in [-0.4, -0.2) is 16.1 Å². The highest BCUT2D eigenvalue weighted by Gasteiger charge is 2.25. The van der Waals surface area contributed by atoms with Gasteiger partial charge in [-0.05, 0) is 17.3 Å². The molecule has 20 heavy (non-hydrogen) atoms. The molecule has 0 bridgehead atoms. The number of rotatable bonds is 4. The molecule has 0 radical (unpaired) electrons. The second kappa shape index (κ2) is 5.88. The van der Waals surface area contributed by atoms with Crippen molar-refractivity contribution in [1.82, 2.24) is 14.9 Å². The summed E-state index contributed by atoms with van der Waals surface area (Å²) in [4.78, 5) is 4.93. The topological polar surface area (TPSA) is 29.9 Å². The maximum absolute atomic E-state index is 4.93. The molecule has 3 nitrogen and oxygen atoms in total. The lowest BCUT2D eigenvalue weighted by molar-refractivity contribution is 0.228. The van der Waals surface area contributed by atoms with Crippen molar-refractivity contribution in [2.24, 2.45) is 17.3 Å². The second-order valence-electron chi connectivity index (χ2n) is 7.82. The SMILES string of the molecule is CC(C)Cc1nc2c(n1CC(C)C(C)(C)C)CCNC2. The maximum atomic E-state index is 4.93. The molecule has 3 heteroatoms. The van der Waals surface area contributed by atoms with E-state index in [9.17, 15) is 0 Å². The van der Waals surface area contributed by atoms with Gasteiger partial charge in [-0.1, -0.05) is 41.5 Å². The van der Waals surface area contributed by atoms with Gasteiger partial charge in [0.25, 0.3) is 0 Å². The lowest BCUT2D eigenvalue weighted by Gasteiger charge is -2.29. The van der Waals surface area contributed by atoms with E-state index >= 15 is 0 Å². The standard InChI is InChI=1S/C17H31N3/c1-12(2)9-16-19-14-10-18-8-7-15(14)20(16)11-13(3)17(4,5)6/h12-13,18H,7-11H2,1-6H3. The van der Waals surface area contributed by atoms with Gasteiger partial charge < -0.3 is 9.88 Å². The van der Waals surface area contributed by atoms with Crippen LogP contribution < -0.4 is 5.32 Å². The van der Waals surface area contributed by atoms with Crippen LogP contribution in [0.4, 0.5) is 0 Å². The Morgan fingerprint density at radius 2 is 1.95 bits per heavy atom. The van der Waals surface area contributed by atoms with Gasteiger partial charge in [0.15, 0.2) is 0 Å². The molecule has 1 aliphatic rings. The summed E-state index contributed by atoms with van der Waals surface area (Å²) in [6, 6.07) is 0. The van der Waals surface area contributed by atoms with Crippen molar-refractivity contribution in [3.8, 4) is 0 Å². The molecule has 0 fully saturated rings. The maximum Gasteiger partial charge on any atom is 0.109 e. The number of hydrogen-bond donors (Lipinski definition) is 1. The third-order valence-corrected chi connectivity index (χ3v) is 4.59. The molecule has 2 rings (SSSR count). The fraction of sp³-hybridized carbons (Fsp3) is 0.824. The van der Waals surface area contributed by atoms with E-state index < -0.39 is 0 Å². The molecule has 0 spiro atoms. The van der Waals surface area contributed by atoms with E-state index in [0.717, 1.165) is 32.5 Å². The molecule has 0 aliphatic carbocycles. The van der Waals surface area contributed by atoms with Gasteiger partial charge in [0.2, 0.25) is 0 Å². The lowest BCUT2D eigenvalue weighted by Crippen LogP contribution is -2.28. The molecular weight excluding hydrogens is 246 g/mol. The van der Waals surface area contributed by atoms with Crippen LogP contribution in [0.25, 0.3) is 0 Å². The first-order valence-corrected chi connectivity index (χ1v) is 8.07. The summed E-state index contributed by atoms with van der Waals surface area (Å²) in [6.07, 6.45) is 2.21. The Morgan fingerprint density at radius 1 is 1.25 bits per heavy atom. The average Bonchev–Trinajstić information content (AvgIpc) is 2.65. The zero-order valence-electron chi connectivity index (χ0n) is 14.1. The zero-order valence-corrected chi connectivity index (χ0v) is 14.1. The average molecular weight is 277 g/mol. The first-order chi connectivity index (χ1) is 9.29. The van der Waals surface area contributed by atoms with Crippen molar-refractivity contribution in [2.75, 3.05) is 6.54 Å².